The molecule has 0 spiro atoms. The second-order valence-electron chi connectivity index (χ2n) is 5.33. The maximum absolute atomic E-state index is 12.2. The normalized spacial score (nSPS) is 10.8. The molecule has 0 saturated heterocycles. The number of halogens is 1. The van der Waals surface area contributed by atoms with Crippen molar-refractivity contribution in [3.8, 4) is 11.3 Å². The molecule has 0 aliphatic carbocycles. The molecule has 0 saturated carbocycles. The third-order valence-electron chi connectivity index (χ3n) is 3.47. The van der Waals surface area contributed by atoms with E-state index in [2.05, 4.69) is 10.2 Å². The highest BCUT2D eigenvalue weighted by atomic mass is 35.5. The summed E-state index contributed by atoms with van der Waals surface area (Å²) in [5.41, 5.74) is 0.933. The van der Waals surface area contributed by atoms with Crippen molar-refractivity contribution in [1.29, 1.82) is 0 Å². The molecule has 25 heavy (non-hydrogen) atoms. The number of benzene rings is 1. The van der Waals surface area contributed by atoms with Crippen LogP contribution < -0.4 is 5.84 Å². The van der Waals surface area contributed by atoms with Gasteiger partial charge in [-0.15, -0.1) is 10.2 Å². The monoisotopic (exact) mass is 377 g/mol. The van der Waals surface area contributed by atoms with Crippen LogP contribution in [0.2, 0.25) is 5.02 Å². The van der Waals surface area contributed by atoms with Crippen LogP contribution in [0.25, 0.3) is 11.3 Å². The second-order valence-corrected chi connectivity index (χ2v) is 6.71. The minimum Gasteiger partial charge on any atom is -0.459 e. The van der Waals surface area contributed by atoms with Crippen LogP contribution >= 0.6 is 23.4 Å². The molecule has 0 aliphatic rings. The SMILES string of the molecule is CN(Cc1ccc(-c2ccc(Cl)cc2)o1)C(=O)CSc1nncn1N. The van der Waals surface area contributed by atoms with Gasteiger partial charge in [-0.25, -0.2) is 4.68 Å². The van der Waals surface area contributed by atoms with E-state index in [4.69, 9.17) is 21.9 Å². The number of furan rings is 1. The number of nitrogens with zero attached hydrogens (tertiary/aromatic N) is 4. The highest BCUT2D eigenvalue weighted by molar-refractivity contribution is 7.99. The van der Waals surface area contributed by atoms with E-state index < -0.39 is 0 Å². The van der Waals surface area contributed by atoms with E-state index >= 15 is 0 Å². The van der Waals surface area contributed by atoms with Crippen molar-refractivity contribution < 1.29 is 9.21 Å². The molecule has 3 rings (SSSR count). The van der Waals surface area contributed by atoms with Crippen molar-refractivity contribution in [2.24, 2.45) is 0 Å². The number of aromatic nitrogens is 3. The predicted molar refractivity (Wildman–Crippen MR) is 96.5 cm³/mol. The summed E-state index contributed by atoms with van der Waals surface area (Å²) < 4.78 is 7.09. The van der Waals surface area contributed by atoms with E-state index in [9.17, 15) is 4.79 Å². The van der Waals surface area contributed by atoms with Gasteiger partial charge in [0.05, 0.1) is 12.3 Å². The lowest BCUT2D eigenvalue weighted by Gasteiger charge is -2.15. The van der Waals surface area contributed by atoms with Crippen molar-refractivity contribution >= 4 is 29.3 Å². The lowest BCUT2D eigenvalue weighted by atomic mass is 10.2. The van der Waals surface area contributed by atoms with Crippen LogP contribution in [0.15, 0.2) is 52.3 Å². The average Bonchev–Trinajstić information content (AvgIpc) is 3.22. The van der Waals surface area contributed by atoms with Crippen LogP contribution in [-0.4, -0.2) is 38.5 Å². The van der Waals surface area contributed by atoms with Crippen LogP contribution in [0.4, 0.5) is 0 Å². The highest BCUT2D eigenvalue weighted by Gasteiger charge is 2.14. The number of rotatable bonds is 6. The molecular weight excluding hydrogens is 362 g/mol. The third kappa shape index (κ3) is 4.34. The van der Waals surface area contributed by atoms with Gasteiger partial charge in [-0.1, -0.05) is 23.4 Å². The molecule has 130 valence electrons. The van der Waals surface area contributed by atoms with Gasteiger partial charge in [0.2, 0.25) is 11.1 Å². The summed E-state index contributed by atoms with van der Waals surface area (Å²) in [4.78, 5) is 13.8. The zero-order valence-electron chi connectivity index (χ0n) is 13.4. The molecule has 1 amide bonds. The molecule has 0 radical (unpaired) electrons. The summed E-state index contributed by atoms with van der Waals surface area (Å²) in [7, 11) is 1.72. The van der Waals surface area contributed by atoms with E-state index in [-0.39, 0.29) is 11.7 Å². The van der Waals surface area contributed by atoms with E-state index in [0.29, 0.717) is 22.5 Å². The molecule has 3 aromatic rings. The van der Waals surface area contributed by atoms with E-state index in [1.54, 1.807) is 11.9 Å². The smallest absolute Gasteiger partial charge is 0.233 e. The lowest BCUT2D eigenvalue weighted by molar-refractivity contribution is -0.127. The summed E-state index contributed by atoms with van der Waals surface area (Å²) in [5.74, 6) is 7.21. The number of nitrogen functional groups attached to an aromatic ring is 1. The van der Waals surface area contributed by atoms with Gasteiger partial charge in [0.15, 0.2) is 0 Å². The van der Waals surface area contributed by atoms with Crippen molar-refractivity contribution in [1.82, 2.24) is 19.8 Å². The van der Waals surface area contributed by atoms with Gasteiger partial charge in [0.1, 0.15) is 17.8 Å². The van der Waals surface area contributed by atoms with Gasteiger partial charge in [-0.2, -0.15) is 0 Å². The fourth-order valence-electron chi connectivity index (χ4n) is 2.13. The van der Waals surface area contributed by atoms with E-state index in [1.807, 2.05) is 36.4 Å². The maximum Gasteiger partial charge on any atom is 0.233 e. The standard InChI is InChI=1S/C16H16ClN5O2S/c1-21(15(23)9-25-16-20-19-10-22(16)18)8-13-6-7-14(24-13)11-2-4-12(17)5-3-11/h2-7,10H,8-9,18H2,1H3. The lowest BCUT2D eigenvalue weighted by Crippen LogP contribution is -2.27. The first-order valence-electron chi connectivity index (χ1n) is 7.39. The Morgan fingerprint density at radius 2 is 2.08 bits per heavy atom. The molecule has 2 N–H and O–H groups in total. The summed E-state index contributed by atoms with van der Waals surface area (Å²) in [5, 5.41) is 8.66. The molecule has 0 fully saturated rings. The minimum atomic E-state index is -0.0579. The van der Waals surface area contributed by atoms with Crippen LogP contribution in [0.5, 0.6) is 0 Å². The van der Waals surface area contributed by atoms with Crippen LogP contribution in [0.3, 0.4) is 0 Å². The Balaban J connectivity index is 1.57. The Morgan fingerprint density at radius 1 is 1.32 bits per heavy atom. The first-order chi connectivity index (χ1) is 12.0. The first-order valence-corrected chi connectivity index (χ1v) is 8.76. The van der Waals surface area contributed by atoms with Gasteiger partial charge >= 0.3 is 0 Å². The second kappa shape index (κ2) is 7.62. The summed E-state index contributed by atoms with van der Waals surface area (Å²) in [6.07, 6.45) is 1.39. The van der Waals surface area contributed by atoms with E-state index in [1.165, 1.54) is 22.8 Å². The van der Waals surface area contributed by atoms with Crippen LogP contribution in [0.1, 0.15) is 5.76 Å². The number of hydrogen-bond acceptors (Lipinski definition) is 6. The Hall–Kier alpha value is -2.45. The highest BCUT2D eigenvalue weighted by Crippen LogP contribution is 2.24. The van der Waals surface area contributed by atoms with Crippen molar-refractivity contribution in [3.63, 3.8) is 0 Å². The number of carbonyl (C=O) groups excluding carboxylic acids is 1. The molecule has 0 bridgehead atoms. The molecule has 7 nitrogen and oxygen atoms in total. The molecule has 0 atom stereocenters. The molecule has 0 aliphatic heterocycles. The number of thioether (sulfide) groups is 1. The molecule has 1 aromatic carbocycles. The van der Waals surface area contributed by atoms with Crippen LogP contribution in [-0.2, 0) is 11.3 Å². The topological polar surface area (TPSA) is 90.2 Å². The largest absolute Gasteiger partial charge is 0.459 e. The average molecular weight is 378 g/mol. The number of hydrogen-bond donors (Lipinski definition) is 1. The Kier molecular flexibility index (Phi) is 5.30. The Labute approximate surface area is 153 Å². The zero-order valence-corrected chi connectivity index (χ0v) is 15.0. The predicted octanol–water partition coefficient (Wildman–Crippen LogP) is 2.66. The summed E-state index contributed by atoms with van der Waals surface area (Å²) in [6.45, 7) is 0.377. The molecule has 9 heteroatoms. The Morgan fingerprint density at radius 3 is 2.76 bits per heavy atom. The number of carbonyl (C=O) groups is 1. The number of nitrogens with two attached hydrogens (primary N) is 1. The van der Waals surface area contributed by atoms with Gasteiger partial charge < -0.3 is 15.2 Å². The molecule has 2 heterocycles. The van der Waals surface area contributed by atoms with Gasteiger partial charge in [0, 0.05) is 17.6 Å². The van der Waals surface area contributed by atoms with Crippen molar-refractivity contribution in [2.45, 2.75) is 11.7 Å². The molecular formula is C16H16ClN5O2S. The minimum absolute atomic E-state index is 0.0579. The molecule has 2 aromatic heterocycles. The van der Waals surface area contributed by atoms with Gasteiger partial charge in [0.25, 0.3) is 0 Å². The zero-order chi connectivity index (χ0) is 17.8. The fraction of sp³-hybridized carbons (Fsp3) is 0.188. The maximum atomic E-state index is 12.2. The fourth-order valence-corrected chi connectivity index (χ4v) is 3.03. The summed E-state index contributed by atoms with van der Waals surface area (Å²) >= 11 is 7.12. The van der Waals surface area contributed by atoms with E-state index in [0.717, 1.165) is 11.3 Å². The van der Waals surface area contributed by atoms with Gasteiger partial charge in [-0.05, 0) is 36.4 Å². The quantitative estimate of drug-likeness (QED) is 0.524. The third-order valence-corrected chi connectivity index (χ3v) is 4.67. The summed E-state index contributed by atoms with van der Waals surface area (Å²) in [6, 6.07) is 11.1. The van der Waals surface area contributed by atoms with Gasteiger partial charge in [-0.3, -0.25) is 4.79 Å². The van der Waals surface area contributed by atoms with Crippen molar-refractivity contribution in [3.05, 3.63) is 53.5 Å². The van der Waals surface area contributed by atoms with Crippen LogP contribution in [0, 0.1) is 0 Å². The number of amides is 1. The first kappa shape index (κ1) is 17.4. The van der Waals surface area contributed by atoms with Crippen molar-refractivity contribution in [2.75, 3.05) is 18.6 Å². The Bertz CT molecular complexity index is 862. The molecule has 0 unspecified atom stereocenters.